The van der Waals surface area contributed by atoms with E-state index in [1.165, 1.54) is 12.1 Å². The van der Waals surface area contributed by atoms with E-state index in [4.69, 9.17) is 9.94 Å². The van der Waals surface area contributed by atoms with Gasteiger partial charge in [0, 0.05) is 0 Å². The second-order valence-electron chi connectivity index (χ2n) is 4.06. The fourth-order valence-electron chi connectivity index (χ4n) is 1.72. The van der Waals surface area contributed by atoms with E-state index in [1.807, 2.05) is 12.2 Å². The fourth-order valence-corrected chi connectivity index (χ4v) is 1.72. The van der Waals surface area contributed by atoms with Crippen LogP contribution in [0.2, 0.25) is 0 Å². The number of allylic oxidation sites excluding steroid dienone is 1. The van der Waals surface area contributed by atoms with Crippen molar-refractivity contribution in [1.29, 1.82) is 0 Å². The van der Waals surface area contributed by atoms with E-state index in [0.717, 1.165) is 12.8 Å². The summed E-state index contributed by atoms with van der Waals surface area (Å²) in [6, 6.07) is 4.59. The number of hydrogen-bond acceptors (Lipinski definition) is 5. The molecule has 1 aliphatic carbocycles. The van der Waals surface area contributed by atoms with Crippen LogP contribution < -0.4 is 5.32 Å². The van der Waals surface area contributed by atoms with Crippen molar-refractivity contribution in [3.63, 3.8) is 0 Å². The smallest absolute Gasteiger partial charge is 0.360 e. The average Bonchev–Trinajstić information content (AvgIpc) is 2.93. The third-order valence-corrected chi connectivity index (χ3v) is 2.65. The van der Waals surface area contributed by atoms with Crippen molar-refractivity contribution in [1.82, 2.24) is 4.98 Å². The molecule has 2 rings (SSSR count). The molecule has 1 aromatic heterocycles. The number of aromatic nitrogens is 1. The van der Waals surface area contributed by atoms with Crippen LogP contribution in [0, 0.1) is 0 Å². The van der Waals surface area contributed by atoms with Gasteiger partial charge in [0.25, 0.3) is 0 Å². The van der Waals surface area contributed by atoms with Crippen LogP contribution in [0.4, 0.5) is 5.82 Å². The number of carbonyl (C=O) groups excluding carboxylic acids is 1. The third-order valence-electron chi connectivity index (χ3n) is 2.65. The first-order valence-electron chi connectivity index (χ1n) is 6.02. The number of hydrogen-bond donors (Lipinski definition) is 2. The molecule has 0 spiro atoms. The molecule has 1 atom stereocenters. The molecule has 2 N–H and O–H groups in total. The molecule has 1 heterocycles. The predicted octanol–water partition coefficient (Wildman–Crippen LogP) is 1.17. The number of carboxylic acid groups (broad SMARTS) is 1. The van der Waals surface area contributed by atoms with Gasteiger partial charge in [-0.25, -0.2) is 9.78 Å². The van der Waals surface area contributed by atoms with Crippen molar-refractivity contribution in [2.24, 2.45) is 5.16 Å². The minimum absolute atomic E-state index is 0.117. The summed E-state index contributed by atoms with van der Waals surface area (Å²) in [5, 5.41) is 15.2. The Balaban J connectivity index is 2.20. The molecule has 104 valence electrons. The highest BCUT2D eigenvalue weighted by molar-refractivity contribution is 6.41. The Morgan fingerprint density at radius 1 is 1.55 bits per heavy atom. The number of rotatable bonds is 6. The van der Waals surface area contributed by atoms with Crippen molar-refractivity contribution in [3.8, 4) is 0 Å². The minimum atomic E-state index is -1.25. The molecule has 1 aromatic rings. The first-order chi connectivity index (χ1) is 9.70. The standard InChI is InChI=1S/C13H13N3O4/c17-8-14-11-7-3-6-10(15-11)12(13(18)19)16-20-9-4-1-2-5-9/h1,3-4,6-9H,2,5H2,(H,18,19)(H,14,15,17)/b16-12-. The number of amides is 1. The highest BCUT2D eigenvalue weighted by Crippen LogP contribution is 2.14. The lowest BCUT2D eigenvalue weighted by molar-refractivity contribution is -0.129. The zero-order valence-electron chi connectivity index (χ0n) is 10.5. The Bertz CT molecular complexity index is 568. The van der Waals surface area contributed by atoms with Gasteiger partial charge in [0.1, 0.15) is 17.6 Å². The summed E-state index contributed by atoms with van der Waals surface area (Å²) >= 11 is 0. The van der Waals surface area contributed by atoms with E-state index < -0.39 is 5.97 Å². The minimum Gasteiger partial charge on any atom is -0.476 e. The quantitative estimate of drug-likeness (QED) is 0.351. The van der Waals surface area contributed by atoms with Gasteiger partial charge in [-0.05, 0) is 31.1 Å². The van der Waals surface area contributed by atoms with E-state index in [2.05, 4.69) is 15.5 Å². The van der Waals surface area contributed by atoms with Gasteiger partial charge in [0.15, 0.2) is 0 Å². The van der Waals surface area contributed by atoms with Crippen LogP contribution in [-0.2, 0) is 14.4 Å². The lowest BCUT2D eigenvalue weighted by atomic mass is 10.2. The van der Waals surface area contributed by atoms with Gasteiger partial charge in [-0.3, -0.25) is 4.79 Å². The summed E-state index contributed by atoms with van der Waals surface area (Å²) in [4.78, 5) is 30.7. The predicted molar refractivity (Wildman–Crippen MR) is 71.3 cm³/mol. The SMILES string of the molecule is O=CNc1cccc(/C(=N/OC2C=CCC2)C(=O)O)n1. The van der Waals surface area contributed by atoms with Crippen molar-refractivity contribution < 1.29 is 19.5 Å². The highest BCUT2D eigenvalue weighted by atomic mass is 16.6. The molecule has 0 aliphatic heterocycles. The maximum Gasteiger partial charge on any atom is 0.360 e. The Hall–Kier alpha value is -2.70. The summed E-state index contributed by atoms with van der Waals surface area (Å²) in [5.74, 6) is -1.00. The zero-order valence-corrected chi connectivity index (χ0v) is 10.5. The van der Waals surface area contributed by atoms with Crippen LogP contribution in [0.25, 0.3) is 0 Å². The van der Waals surface area contributed by atoms with Gasteiger partial charge in [0.2, 0.25) is 12.1 Å². The van der Waals surface area contributed by atoms with Gasteiger partial charge in [-0.15, -0.1) is 0 Å². The number of nitrogens with zero attached hydrogens (tertiary/aromatic N) is 2. The van der Waals surface area contributed by atoms with Crippen LogP contribution >= 0.6 is 0 Å². The van der Waals surface area contributed by atoms with Crippen LogP contribution in [-0.4, -0.2) is 34.3 Å². The first kappa shape index (κ1) is 13.7. The number of aliphatic carboxylic acids is 1. The van der Waals surface area contributed by atoms with E-state index in [-0.39, 0.29) is 23.3 Å². The van der Waals surface area contributed by atoms with Gasteiger partial charge in [-0.2, -0.15) is 0 Å². The Labute approximate surface area is 115 Å². The Morgan fingerprint density at radius 2 is 2.40 bits per heavy atom. The molecule has 7 heteroatoms. The molecule has 0 radical (unpaired) electrons. The lowest BCUT2D eigenvalue weighted by Gasteiger charge is -2.07. The number of anilines is 1. The Kier molecular flexibility index (Phi) is 4.43. The second kappa shape index (κ2) is 6.46. The molecule has 0 saturated heterocycles. The molecule has 0 aromatic carbocycles. The van der Waals surface area contributed by atoms with E-state index in [9.17, 15) is 9.59 Å². The Morgan fingerprint density at radius 3 is 3.05 bits per heavy atom. The molecule has 7 nitrogen and oxygen atoms in total. The van der Waals surface area contributed by atoms with E-state index in [0.29, 0.717) is 6.41 Å². The zero-order chi connectivity index (χ0) is 14.4. The molecule has 0 saturated carbocycles. The average molecular weight is 275 g/mol. The highest BCUT2D eigenvalue weighted by Gasteiger charge is 2.17. The van der Waals surface area contributed by atoms with Crippen molar-refractivity contribution >= 4 is 23.9 Å². The van der Waals surface area contributed by atoms with E-state index in [1.54, 1.807) is 6.07 Å². The topological polar surface area (TPSA) is 101 Å². The molecule has 0 fully saturated rings. The summed E-state index contributed by atoms with van der Waals surface area (Å²) in [6.45, 7) is 0. The number of carbonyl (C=O) groups is 2. The molecule has 1 amide bonds. The number of oxime groups is 1. The van der Waals surface area contributed by atoms with Crippen molar-refractivity contribution in [2.75, 3.05) is 5.32 Å². The molecule has 1 aliphatic rings. The monoisotopic (exact) mass is 275 g/mol. The molecular formula is C13H13N3O4. The van der Waals surface area contributed by atoms with Crippen LogP contribution in [0.15, 0.2) is 35.5 Å². The van der Waals surface area contributed by atoms with Crippen LogP contribution in [0.3, 0.4) is 0 Å². The van der Waals surface area contributed by atoms with Crippen LogP contribution in [0.1, 0.15) is 18.5 Å². The normalized spacial score (nSPS) is 17.8. The maximum absolute atomic E-state index is 11.2. The van der Waals surface area contributed by atoms with Crippen LogP contribution in [0.5, 0.6) is 0 Å². The largest absolute Gasteiger partial charge is 0.476 e. The molecule has 0 bridgehead atoms. The molecular weight excluding hydrogens is 262 g/mol. The van der Waals surface area contributed by atoms with Gasteiger partial charge in [0.05, 0.1) is 0 Å². The summed E-state index contributed by atoms with van der Waals surface area (Å²) in [7, 11) is 0. The van der Waals surface area contributed by atoms with E-state index >= 15 is 0 Å². The maximum atomic E-state index is 11.2. The van der Waals surface area contributed by atoms with Gasteiger partial charge in [-0.1, -0.05) is 17.3 Å². The van der Waals surface area contributed by atoms with Crippen molar-refractivity contribution in [3.05, 3.63) is 36.0 Å². The summed E-state index contributed by atoms with van der Waals surface area (Å²) in [5.41, 5.74) is -0.189. The van der Waals surface area contributed by atoms with Crippen molar-refractivity contribution in [2.45, 2.75) is 18.9 Å². The summed E-state index contributed by atoms with van der Waals surface area (Å²) in [6.07, 6.45) is 5.70. The summed E-state index contributed by atoms with van der Waals surface area (Å²) < 4.78 is 0. The molecule has 1 unspecified atom stereocenters. The van der Waals surface area contributed by atoms with Gasteiger partial charge >= 0.3 is 5.97 Å². The molecule has 20 heavy (non-hydrogen) atoms. The third kappa shape index (κ3) is 3.41. The number of pyridine rings is 1. The number of carboxylic acids is 1. The first-order valence-corrected chi connectivity index (χ1v) is 6.02. The fraction of sp³-hybridized carbons (Fsp3) is 0.231. The number of nitrogens with one attached hydrogen (secondary N) is 1. The second-order valence-corrected chi connectivity index (χ2v) is 4.06. The van der Waals surface area contributed by atoms with Gasteiger partial charge < -0.3 is 15.3 Å². The lowest BCUT2D eigenvalue weighted by Crippen LogP contribution is -2.18.